The Balaban J connectivity index is 1.16. The number of aliphatic hydroxyl groups excluding tert-OH is 4. The van der Waals surface area contributed by atoms with Gasteiger partial charge in [-0.15, -0.1) is 0 Å². The summed E-state index contributed by atoms with van der Waals surface area (Å²) in [4.78, 5) is 43.3. The number of phosphoric acid groups is 2. The predicted molar refractivity (Wildman–Crippen MR) is 139 cm³/mol. The van der Waals surface area contributed by atoms with E-state index in [0.29, 0.717) is 0 Å². The molecule has 0 aromatic carbocycles. The van der Waals surface area contributed by atoms with Gasteiger partial charge in [-0.2, -0.15) is 8.88 Å². The van der Waals surface area contributed by atoms with E-state index in [-0.39, 0.29) is 22.5 Å². The Morgan fingerprint density at radius 1 is 0.977 bits per heavy atom. The zero-order valence-corrected chi connectivity index (χ0v) is 24.0. The minimum absolute atomic E-state index is 0.0505. The largest absolute Gasteiger partial charge is 0.481 e. The molecule has 5 heterocycles. The number of anilines is 1. The lowest BCUT2D eigenvalue weighted by Gasteiger charge is -2.20. The lowest BCUT2D eigenvalue weighted by atomic mass is 10.1. The topological polar surface area (TPSA) is 318 Å². The normalized spacial score (nSPS) is 31.6. The van der Waals surface area contributed by atoms with Crippen LogP contribution in [-0.4, -0.2) is 105 Å². The molecular formula is C21H28N7O14P2+. The van der Waals surface area contributed by atoms with Crippen LogP contribution >= 0.6 is 15.6 Å². The summed E-state index contributed by atoms with van der Waals surface area (Å²) in [7, 11) is -10.7. The molecule has 44 heavy (non-hydrogen) atoms. The van der Waals surface area contributed by atoms with Gasteiger partial charge in [-0.05, 0) is 6.07 Å². The number of fused-ring (bicyclic) bond motifs is 1. The highest BCUT2D eigenvalue weighted by molar-refractivity contribution is 7.61. The van der Waals surface area contributed by atoms with Crippen LogP contribution in [0, 0.1) is 0 Å². The van der Waals surface area contributed by atoms with Crippen LogP contribution in [0.2, 0.25) is 0 Å². The highest BCUT2D eigenvalue weighted by Crippen LogP contribution is 2.60. The van der Waals surface area contributed by atoms with Gasteiger partial charge in [-0.1, -0.05) is 0 Å². The SMILES string of the molecule is NC(=O)c1ccc[n+]([C@H]2O[C@@H](COP(=O)(O)OP(=O)(O)OC[C@H]3O[C@@H](n4cnc5c(N)ncnc54)C(O)[C@H]3O)[C@@H](O)C2O)c1. The highest BCUT2D eigenvalue weighted by atomic mass is 31.3. The summed E-state index contributed by atoms with van der Waals surface area (Å²) in [6, 6.07) is 2.83. The summed E-state index contributed by atoms with van der Waals surface area (Å²) in [5, 5.41) is 41.6. The Morgan fingerprint density at radius 3 is 2.27 bits per heavy atom. The van der Waals surface area contributed by atoms with Gasteiger partial charge in [0.1, 0.15) is 47.9 Å². The molecule has 0 bridgehead atoms. The molecule has 2 aliphatic heterocycles. The Morgan fingerprint density at radius 2 is 1.61 bits per heavy atom. The minimum Gasteiger partial charge on any atom is -0.387 e. The van der Waals surface area contributed by atoms with Crippen molar-refractivity contribution in [3.8, 4) is 0 Å². The van der Waals surface area contributed by atoms with Crippen molar-refractivity contribution >= 4 is 38.5 Å². The van der Waals surface area contributed by atoms with Crippen molar-refractivity contribution in [2.45, 2.75) is 49.1 Å². The van der Waals surface area contributed by atoms with Gasteiger partial charge in [-0.3, -0.25) is 18.4 Å². The van der Waals surface area contributed by atoms with E-state index in [1.165, 1.54) is 40.0 Å². The van der Waals surface area contributed by atoms with E-state index < -0.39 is 83.8 Å². The Hall–Kier alpha value is -3.01. The second-order valence-corrected chi connectivity index (χ2v) is 12.7. The number of pyridine rings is 1. The second-order valence-electron chi connectivity index (χ2n) is 9.69. The van der Waals surface area contributed by atoms with Crippen molar-refractivity contribution in [3.63, 3.8) is 0 Å². The number of hydrogen-bond acceptors (Lipinski definition) is 16. The summed E-state index contributed by atoms with van der Waals surface area (Å²) in [6.45, 7) is -1.80. The van der Waals surface area contributed by atoms with Crippen LogP contribution in [0.3, 0.4) is 0 Å². The zero-order chi connectivity index (χ0) is 32.0. The van der Waals surface area contributed by atoms with E-state index in [2.05, 4.69) is 23.8 Å². The quantitative estimate of drug-likeness (QED) is 0.0747. The third-order valence-corrected chi connectivity index (χ3v) is 9.35. The highest BCUT2D eigenvalue weighted by Gasteiger charge is 2.50. The number of aliphatic hydroxyl groups is 4. The third kappa shape index (κ3) is 6.65. The molecule has 4 unspecified atom stereocenters. The molecule has 5 rings (SSSR count). The number of aromatic nitrogens is 5. The summed E-state index contributed by atoms with van der Waals surface area (Å²) in [6.07, 6.45) is -6.85. The van der Waals surface area contributed by atoms with E-state index in [9.17, 15) is 44.1 Å². The van der Waals surface area contributed by atoms with Gasteiger partial charge in [0.05, 0.1) is 19.5 Å². The monoisotopic (exact) mass is 664 g/mol. The first kappa shape index (κ1) is 32.4. The second kappa shape index (κ2) is 12.4. The maximum Gasteiger partial charge on any atom is 0.481 e. The average Bonchev–Trinajstić information content (AvgIpc) is 3.61. The van der Waals surface area contributed by atoms with E-state index in [0.717, 1.165) is 6.33 Å². The van der Waals surface area contributed by atoms with Crippen LogP contribution in [0.15, 0.2) is 37.2 Å². The van der Waals surface area contributed by atoms with Crippen molar-refractivity contribution < 1.29 is 71.5 Å². The van der Waals surface area contributed by atoms with Crippen LogP contribution < -0.4 is 16.0 Å². The molecule has 2 saturated heterocycles. The third-order valence-electron chi connectivity index (χ3n) is 6.75. The fourth-order valence-corrected chi connectivity index (χ4v) is 6.67. The van der Waals surface area contributed by atoms with E-state index in [4.69, 9.17) is 25.5 Å². The molecule has 1 amide bonds. The van der Waals surface area contributed by atoms with Gasteiger partial charge in [0.25, 0.3) is 12.1 Å². The zero-order valence-electron chi connectivity index (χ0n) is 22.2. The first-order valence-electron chi connectivity index (χ1n) is 12.6. The smallest absolute Gasteiger partial charge is 0.387 e. The molecule has 2 aliphatic rings. The molecule has 10 N–H and O–H groups in total. The fraction of sp³-hybridized carbons (Fsp3) is 0.476. The van der Waals surface area contributed by atoms with Crippen LogP contribution in [-0.2, 0) is 32.0 Å². The Bertz CT molecular complexity index is 1630. The first-order valence-corrected chi connectivity index (χ1v) is 15.6. The van der Waals surface area contributed by atoms with Crippen molar-refractivity contribution in [3.05, 3.63) is 42.7 Å². The maximum absolute atomic E-state index is 12.4. The van der Waals surface area contributed by atoms with Crippen molar-refractivity contribution in [1.82, 2.24) is 19.5 Å². The number of nitrogens with zero attached hydrogens (tertiary/aromatic N) is 5. The Kier molecular flexibility index (Phi) is 9.13. The first-order chi connectivity index (χ1) is 20.7. The number of amides is 1. The van der Waals surface area contributed by atoms with Crippen molar-refractivity contribution in [2.75, 3.05) is 18.9 Å². The summed E-state index contributed by atoms with van der Waals surface area (Å²) in [5.74, 6) is -0.714. The molecule has 3 aromatic heterocycles. The van der Waals surface area contributed by atoms with Crippen LogP contribution in [0.25, 0.3) is 11.2 Å². The number of nitrogen functional groups attached to an aromatic ring is 1. The maximum atomic E-state index is 12.4. The van der Waals surface area contributed by atoms with Crippen molar-refractivity contribution in [2.24, 2.45) is 5.73 Å². The van der Waals surface area contributed by atoms with Crippen LogP contribution in [0.4, 0.5) is 5.82 Å². The summed E-state index contributed by atoms with van der Waals surface area (Å²) in [5.41, 5.74) is 11.4. The van der Waals surface area contributed by atoms with E-state index in [1.807, 2.05) is 0 Å². The van der Waals surface area contributed by atoms with E-state index >= 15 is 0 Å². The lowest BCUT2D eigenvalue weighted by molar-refractivity contribution is -0.765. The van der Waals surface area contributed by atoms with Crippen LogP contribution in [0.5, 0.6) is 0 Å². The number of hydrogen-bond donors (Lipinski definition) is 8. The number of ether oxygens (including phenoxy) is 2. The Labute approximate surface area is 246 Å². The molecule has 21 nitrogen and oxygen atoms in total. The van der Waals surface area contributed by atoms with Gasteiger partial charge in [0, 0.05) is 6.07 Å². The average molecular weight is 664 g/mol. The number of imidazole rings is 1. The van der Waals surface area contributed by atoms with Gasteiger partial charge in [-0.25, -0.2) is 24.1 Å². The molecule has 23 heteroatoms. The van der Waals surface area contributed by atoms with Gasteiger partial charge in [0.2, 0.25) is 0 Å². The summed E-state index contributed by atoms with van der Waals surface area (Å²) >= 11 is 0. The number of carbonyl (C=O) groups excluding carboxylic acids is 1. The molecule has 2 fully saturated rings. The number of primary amides is 1. The number of phosphoric ester groups is 2. The molecule has 0 radical (unpaired) electrons. The summed E-state index contributed by atoms with van der Waals surface area (Å²) < 4.78 is 52.0. The molecular weight excluding hydrogens is 636 g/mol. The number of nitrogens with two attached hydrogens (primary N) is 2. The molecule has 3 aromatic rings. The lowest BCUT2D eigenvalue weighted by Crippen LogP contribution is -2.46. The van der Waals surface area contributed by atoms with Gasteiger partial charge < -0.3 is 51.2 Å². The van der Waals surface area contributed by atoms with E-state index in [1.54, 1.807) is 0 Å². The molecule has 0 spiro atoms. The van der Waals surface area contributed by atoms with Crippen LogP contribution in [0.1, 0.15) is 22.8 Å². The van der Waals surface area contributed by atoms with Gasteiger partial charge in [0.15, 0.2) is 36.2 Å². The predicted octanol–water partition coefficient (Wildman–Crippen LogP) is -3.02. The fourth-order valence-electron chi connectivity index (χ4n) is 4.58. The molecule has 240 valence electrons. The van der Waals surface area contributed by atoms with Crippen molar-refractivity contribution in [1.29, 1.82) is 0 Å². The minimum atomic E-state index is -5.37. The number of carbonyl (C=O) groups is 1. The molecule has 10 atom stereocenters. The van der Waals surface area contributed by atoms with Gasteiger partial charge >= 0.3 is 15.6 Å². The standard InChI is InChI=1S/C21H27N7O14P2/c22-17-12-19(25-7-24-17)28(8-26-12)21-16(32)14(30)11(41-21)6-39-44(36,37)42-43(34,35)38-5-10-13(29)15(31)20(40-10)27-3-1-2-9(4-27)18(23)33/h1-4,7-8,10-11,13-16,20-21,29-32H,5-6H2,(H5-,22,23,24,25,33,34,35,36,37)/p+1/t10-,11+,13+,14-,15?,16?,20-,21+/m0/s1. The molecule has 0 aliphatic carbocycles. The molecule has 0 saturated carbocycles. The number of rotatable bonds is 11.